The minimum atomic E-state index is 0.109. The van der Waals surface area contributed by atoms with Gasteiger partial charge in [0.1, 0.15) is 0 Å². The molecule has 1 aliphatic rings. The van der Waals surface area contributed by atoms with E-state index >= 15 is 0 Å². The highest BCUT2D eigenvalue weighted by Gasteiger charge is 2.36. The largest absolute Gasteiger partial charge is 0.377 e. The first-order chi connectivity index (χ1) is 8.69. The molecule has 2 nitrogen and oxygen atoms in total. The highest BCUT2D eigenvalue weighted by molar-refractivity contribution is 5.24. The maximum absolute atomic E-state index is 5.63. The molecule has 0 bridgehead atoms. The Kier molecular flexibility index (Phi) is 4.41. The van der Waals surface area contributed by atoms with Crippen LogP contribution in [-0.4, -0.2) is 19.3 Å². The molecule has 0 heterocycles. The number of hydrogen-bond acceptors (Lipinski definition) is 2. The number of nitrogens with one attached hydrogen (secondary N) is 1. The van der Waals surface area contributed by atoms with Gasteiger partial charge in [-0.25, -0.2) is 0 Å². The van der Waals surface area contributed by atoms with Crippen molar-refractivity contribution < 1.29 is 4.74 Å². The fourth-order valence-electron chi connectivity index (χ4n) is 2.52. The molecule has 0 radical (unpaired) electrons. The minimum Gasteiger partial charge on any atom is -0.377 e. The van der Waals surface area contributed by atoms with Crippen LogP contribution < -0.4 is 5.32 Å². The zero-order chi connectivity index (χ0) is 13.0. The van der Waals surface area contributed by atoms with Gasteiger partial charge in [-0.1, -0.05) is 31.2 Å². The first-order valence-corrected chi connectivity index (χ1v) is 7.06. The van der Waals surface area contributed by atoms with Crippen molar-refractivity contribution in [3.63, 3.8) is 0 Å². The van der Waals surface area contributed by atoms with Crippen molar-refractivity contribution >= 4 is 0 Å². The van der Waals surface area contributed by atoms with Gasteiger partial charge in [0.2, 0.25) is 0 Å². The molecule has 1 atom stereocenters. The van der Waals surface area contributed by atoms with Gasteiger partial charge in [0.25, 0.3) is 0 Å². The molecular weight excluding hydrogens is 222 g/mol. The normalized spacial score (nSPS) is 19.3. The zero-order valence-electron chi connectivity index (χ0n) is 11.8. The third kappa shape index (κ3) is 2.93. The summed E-state index contributed by atoms with van der Waals surface area (Å²) < 4.78 is 5.63. The van der Waals surface area contributed by atoms with Crippen molar-refractivity contribution in [2.24, 2.45) is 0 Å². The second-order valence-corrected chi connectivity index (χ2v) is 5.44. The molecule has 1 fully saturated rings. The molecule has 2 rings (SSSR count). The lowest BCUT2D eigenvalue weighted by molar-refractivity contribution is -0.0706. The molecule has 2 heteroatoms. The molecule has 1 saturated carbocycles. The average Bonchev–Trinajstić information content (AvgIpc) is 2.38. The van der Waals surface area contributed by atoms with Gasteiger partial charge in [0, 0.05) is 19.7 Å². The molecule has 1 aromatic carbocycles. The van der Waals surface area contributed by atoms with Crippen LogP contribution in [0.1, 0.15) is 50.3 Å². The molecule has 18 heavy (non-hydrogen) atoms. The molecule has 0 saturated heterocycles. The Balaban J connectivity index is 1.88. The Bertz CT molecular complexity index is 362. The van der Waals surface area contributed by atoms with E-state index in [1.54, 1.807) is 0 Å². The van der Waals surface area contributed by atoms with Crippen LogP contribution in [-0.2, 0) is 11.2 Å². The van der Waals surface area contributed by atoms with Crippen LogP contribution in [0.2, 0.25) is 0 Å². The van der Waals surface area contributed by atoms with Crippen molar-refractivity contribution in [1.82, 2.24) is 5.32 Å². The van der Waals surface area contributed by atoms with E-state index in [0.29, 0.717) is 6.04 Å². The summed E-state index contributed by atoms with van der Waals surface area (Å²) in [5, 5.41) is 3.61. The van der Waals surface area contributed by atoms with Crippen molar-refractivity contribution in [2.45, 2.75) is 51.2 Å². The quantitative estimate of drug-likeness (QED) is 0.831. The summed E-state index contributed by atoms with van der Waals surface area (Å²) in [6.07, 6.45) is 4.79. The number of aryl methyl sites for hydroxylation is 1. The van der Waals surface area contributed by atoms with Gasteiger partial charge >= 0.3 is 0 Å². The van der Waals surface area contributed by atoms with E-state index in [4.69, 9.17) is 4.74 Å². The van der Waals surface area contributed by atoms with E-state index in [2.05, 4.69) is 43.4 Å². The topological polar surface area (TPSA) is 21.3 Å². The fourth-order valence-corrected chi connectivity index (χ4v) is 2.52. The predicted octanol–water partition coefficient (Wildman–Crippen LogP) is 3.47. The molecule has 1 N–H and O–H groups in total. The molecule has 0 aliphatic heterocycles. The number of ether oxygens (including phenoxy) is 1. The molecule has 0 spiro atoms. The highest BCUT2D eigenvalue weighted by Crippen LogP contribution is 2.34. The van der Waals surface area contributed by atoms with Gasteiger partial charge in [-0.2, -0.15) is 0 Å². The number of benzene rings is 1. The van der Waals surface area contributed by atoms with Crippen molar-refractivity contribution in [2.75, 3.05) is 13.7 Å². The van der Waals surface area contributed by atoms with E-state index in [1.807, 2.05) is 7.11 Å². The van der Waals surface area contributed by atoms with Crippen molar-refractivity contribution in [3.05, 3.63) is 35.4 Å². The minimum absolute atomic E-state index is 0.109. The monoisotopic (exact) mass is 247 g/mol. The predicted molar refractivity (Wildman–Crippen MR) is 75.8 cm³/mol. The number of hydrogen-bond donors (Lipinski definition) is 1. The van der Waals surface area contributed by atoms with E-state index in [0.717, 1.165) is 13.0 Å². The van der Waals surface area contributed by atoms with E-state index in [-0.39, 0.29) is 5.60 Å². The first kappa shape index (κ1) is 13.6. The summed E-state index contributed by atoms with van der Waals surface area (Å²) >= 11 is 0. The molecule has 1 unspecified atom stereocenters. The van der Waals surface area contributed by atoms with Crippen molar-refractivity contribution in [3.8, 4) is 0 Å². The van der Waals surface area contributed by atoms with Gasteiger partial charge in [-0.15, -0.1) is 0 Å². The number of rotatable bonds is 6. The summed E-state index contributed by atoms with van der Waals surface area (Å²) in [5.74, 6) is 0. The summed E-state index contributed by atoms with van der Waals surface area (Å²) in [5.41, 5.74) is 2.87. The Morgan fingerprint density at radius 3 is 2.39 bits per heavy atom. The summed E-state index contributed by atoms with van der Waals surface area (Å²) in [6.45, 7) is 5.37. The zero-order valence-corrected chi connectivity index (χ0v) is 11.8. The van der Waals surface area contributed by atoms with Crippen LogP contribution in [0.4, 0.5) is 0 Å². The lowest BCUT2D eigenvalue weighted by atomic mass is 9.80. The molecule has 0 amide bonds. The lowest BCUT2D eigenvalue weighted by Crippen LogP contribution is -2.48. The maximum Gasteiger partial charge on any atom is 0.0802 e. The van der Waals surface area contributed by atoms with Crippen LogP contribution in [0, 0.1) is 0 Å². The Morgan fingerprint density at radius 2 is 1.94 bits per heavy atom. The summed E-state index contributed by atoms with van der Waals surface area (Å²) in [6, 6.07) is 9.31. The van der Waals surface area contributed by atoms with Crippen LogP contribution in [0.15, 0.2) is 24.3 Å². The van der Waals surface area contributed by atoms with Crippen LogP contribution >= 0.6 is 0 Å². The Morgan fingerprint density at radius 1 is 1.28 bits per heavy atom. The first-order valence-electron chi connectivity index (χ1n) is 7.06. The van der Waals surface area contributed by atoms with Gasteiger partial charge in [0.05, 0.1) is 5.60 Å². The Labute approximate surface area is 111 Å². The van der Waals surface area contributed by atoms with Crippen LogP contribution in [0.3, 0.4) is 0 Å². The van der Waals surface area contributed by atoms with Crippen LogP contribution in [0.5, 0.6) is 0 Å². The standard InChI is InChI=1S/C16H25NO/c1-4-14-6-8-15(9-7-14)13(2)17-12-16(18-3)10-5-11-16/h6-9,13,17H,4-5,10-12H2,1-3H3. The van der Waals surface area contributed by atoms with Crippen LogP contribution in [0.25, 0.3) is 0 Å². The third-order valence-corrected chi connectivity index (χ3v) is 4.32. The highest BCUT2D eigenvalue weighted by atomic mass is 16.5. The lowest BCUT2D eigenvalue weighted by Gasteiger charge is -2.41. The second kappa shape index (κ2) is 5.85. The smallest absolute Gasteiger partial charge is 0.0802 e. The molecule has 0 aromatic heterocycles. The Hall–Kier alpha value is -0.860. The maximum atomic E-state index is 5.63. The van der Waals surface area contributed by atoms with E-state index in [9.17, 15) is 0 Å². The molecule has 100 valence electrons. The van der Waals surface area contributed by atoms with Gasteiger partial charge in [0.15, 0.2) is 0 Å². The second-order valence-electron chi connectivity index (χ2n) is 5.44. The number of methoxy groups -OCH3 is 1. The van der Waals surface area contributed by atoms with Crippen molar-refractivity contribution in [1.29, 1.82) is 0 Å². The van der Waals surface area contributed by atoms with Gasteiger partial charge < -0.3 is 10.1 Å². The van der Waals surface area contributed by atoms with E-state index < -0.39 is 0 Å². The summed E-state index contributed by atoms with van der Waals surface area (Å²) in [7, 11) is 1.83. The molecule has 1 aliphatic carbocycles. The SMILES string of the molecule is CCc1ccc(C(C)NCC2(OC)CCC2)cc1. The van der Waals surface area contributed by atoms with Gasteiger partial charge in [-0.3, -0.25) is 0 Å². The van der Waals surface area contributed by atoms with E-state index in [1.165, 1.54) is 30.4 Å². The molecular formula is C16H25NO. The third-order valence-electron chi connectivity index (χ3n) is 4.32. The molecule has 1 aromatic rings. The fraction of sp³-hybridized carbons (Fsp3) is 0.625. The average molecular weight is 247 g/mol. The van der Waals surface area contributed by atoms with Gasteiger partial charge in [-0.05, 0) is 43.7 Å². The summed E-state index contributed by atoms with van der Waals surface area (Å²) in [4.78, 5) is 0.